The van der Waals surface area contributed by atoms with Gasteiger partial charge in [0, 0.05) is 12.5 Å². The minimum atomic E-state index is -5.34. The van der Waals surface area contributed by atoms with Gasteiger partial charge in [-0.3, -0.25) is 4.55 Å². The highest BCUT2D eigenvalue weighted by Gasteiger charge is 2.46. The summed E-state index contributed by atoms with van der Waals surface area (Å²) in [5.74, 6) is -0.0578. The monoisotopic (exact) mass is 243 g/mol. The van der Waals surface area contributed by atoms with Gasteiger partial charge in [0.2, 0.25) is 0 Å². The molecule has 0 saturated heterocycles. The quantitative estimate of drug-likeness (QED) is 0.731. The van der Waals surface area contributed by atoms with E-state index >= 15 is 0 Å². The van der Waals surface area contributed by atoms with Crippen LogP contribution in [0.5, 0.6) is 0 Å². The number of rotatable bonds is 4. The van der Waals surface area contributed by atoms with Crippen molar-refractivity contribution in [2.75, 3.05) is 0 Å². The van der Waals surface area contributed by atoms with Gasteiger partial charge in [-0.2, -0.15) is 17.2 Å². The second kappa shape index (κ2) is 4.31. The number of hydrogen-bond donors (Lipinski definition) is 2. The molecule has 0 aromatic carbocycles. The molecule has 1 rings (SSSR count). The summed E-state index contributed by atoms with van der Waals surface area (Å²) in [5.41, 5.74) is 5.51. The summed E-state index contributed by atoms with van der Waals surface area (Å²) in [6.45, 7) is 0. The molecule has 0 aliphatic heterocycles. The SMILES string of the molecule is N[C@@H](CC(F)(F)S(=O)(=O)O)C1CCCC1. The van der Waals surface area contributed by atoms with Crippen molar-refractivity contribution in [3.8, 4) is 0 Å². The normalized spacial score (nSPS) is 21.9. The molecule has 0 aromatic heterocycles. The van der Waals surface area contributed by atoms with Crippen LogP contribution in [0.15, 0.2) is 0 Å². The molecule has 15 heavy (non-hydrogen) atoms. The standard InChI is InChI=1S/C8H15F2NO3S/c9-8(10,15(12,13)14)5-7(11)6-3-1-2-4-6/h6-7H,1-5,11H2,(H,12,13,14)/t7-/m0/s1. The Kier molecular flexibility index (Phi) is 3.67. The first kappa shape index (κ1) is 12.8. The van der Waals surface area contributed by atoms with Crippen LogP contribution in [0.25, 0.3) is 0 Å². The van der Waals surface area contributed by atoms with Crippen LogP contribution in [0.4, 0.5) is 8.78 Å². The lowest BCUT2D eigenvalue weighted by Crippen LogP contribution is -2.39. The summed E-state index contributed by atoms with van der Waals surface area (Å²) < 4.78 is 54.8. The fourth-order valence-corrected chi connectivity index (χ4v) is 2.33. The maximum atomic E-state index is 12.9. The molecule has 1 saturated carbocycles. The molecule has 0 bridgehead atoms. The topological polar surface area (TPSA) is 80.4 Å². The van der Waals surface area contributed by atoms with Gasteiger partial charge in [-0.25, -0.2) is 0 Å². The van der Waals surface area contributed by atoms with Crippen molar-refractivity contribution in [3.63, 3.8) is 0 Å². The summed E-state index contributed by atoms with van der Waals surface area (Å²) in [6, 6.07) is -0.871. The van der Waals surface area contributed by atoms with E-state index in [0.29, 0.717) is 0 Å². The third-order valence-electron chi connectivity index (χ3n) is 2.86. The van der Waals surface area contributed by atoms with Crippen molar-refractivity contribution in [2.45, 2.75) is 43.4 Å². The molecule has 4 nitrogen and oxygen atoms in total. The van der Waals surface area contributed by atoms with Gasteiger partial charge in [0.05, 0.1) is 0 Å². The zero-order valence-corrected chi connectivity index (χ0v) is 9.01. The predicted molar refractivity (Wildman–Crippen MR) is 51.0 cm³/mol. The third kappa shape index (κ3) is 3.09. The second-order valence-corrected chi connectivity index (χ2v) is 5.57. The van der Waals surface area contributed by atoms with Gasteiger partial charge in [0.15, 0.2) is 0 Å². The Labute approximate surface area is 87.6 Å². The highest BCUT2D eigenvalue weighted by molar-refractivity contribution is 7.86. The fraction of sp³-hybridized carbons (Fsp3) is 1.00. The van der Waals surface area contributed by atoms with Gasteiger partial charge in [-0.1, -0.05) is 12.8 Å². The zero-order chi connectivity index (χ0) is 11.7. The Bertz CT molecular complexity index is 312. The molecule has 1 fully saturated rings. The van der Waals surface area contributed by atoms with Crippen molar-refractivity contribution >= 4 is 10.1 Å². The molecule has 90 valence electrons. The fourth-order valence-electron chi connectivity index (χ4n) is 1.93. The first-order valence-electron chi connectivity index (χ1n) is 4.84. The molecule has 3 N–H and O–H groups in total. The van der Waals surface area contributed by atoms with E-state index in [4.69, 9.17) is 10.3 Å². The number of hydrogen-bond acceptors (Lipinski definition) is 3. The number of halogens is 2. The summed E-state index contributed by atoms with van der Waals surface area (Å²) >= 11 is 0. The summed E-state index contributed by atoms with van der Waals surface area (Å²) in [5, 5.41) is -4.13. The van der Waals surface area contributed by atoms with Crippen molar-refractivity contribution in [2.24, 2.45) is 11.7 Å². The molecule has 1 aliphatic carbocycles. The smallest absolute Gasteiger partial charge is 0.327 e. The van der Waals surface area contributed by atoms with Gasteiger partial charge in [-0.05, 0) is 18.8 Å². The van der Waals surface area contributed by atoms with Crippen LogP contribution < -0.4 is 5.73 Å². The minimum Gasteiger partial charge on any atom is -0.327 e. The zero-order valence-electron chi connectivity index (χ0n) is 8.20. The van der Waals surface area contributed by atoms with E-state index in [2.05, 4.69) is 0 Å². The molecular formula is C8H15F2NO3S. The highest BCUT2D eigenvalue weighted by Crippen LogP contribution is 2.33. The molecule has 0 heterocycles. The van der Waals surface area contributed by atoms with E-state index in [-0.39, 0.29) is 5.92 Å². The summed E-state index contributed by atoms with van der Waals surface area (Å²) in [7, 11) is -5.34. The molecule has 0 unspecified atom stereocenters. The van der Waals surface area contributed by atoms with Crippen molar-refractivity contribution < 1.29 is 21.8 Å². The lowest BCUT2D eigenvalue weighted by Gasteiger charge is -2.22. The lowest BCUT2D eigenvalue weighted by atomic mass is 9.96. The second-order valence-electron chi connectivity index (χ2n) is 4.02. The van der Waals surface area contributed by atoms with Crippen LogP contribution in [0, 0.1) is 5.92 Å². The van der Waals surface area contributed by atoms with Crippen LogP contribution >= 0.6 is 0 Å². The van der Waals surface area contributed by atoms with E-state index < -0.39 is 27.8 Å². The number of alkyl halides is 2. The molecule has 7 heteroatoms. The van der Waals surface area contributed by atoms with E-state index in [1.165, 1.54) is 0 Å². The predicted octanol–water partition coefficient (Wildman–Crippen LogP) is 1.37. The Balaban J connectivity index is 2.60. The van der Waals surface area contributed by atoms with Crippen LogP contribution in [0.2, 0.25) is 0 Å². The molecule has 0 spiro atoms. The van der Waals surface area contributed by atoms with Gasteiger partial charge < -0.3 is 5.73 Å². The maximum Gasteiger partial charge on any atom is 0.371 e. The molecular weight excluding hydrogens is 228 g/mol. The van der Waals surface area contributed by atoms with Crippen molar-refractivity contribution in [3.05, 3.63) is 0 Å². The van der Waals surface area contributed by atoms with Crippen LogP contribution in [0.1, 0.15) is 32.1 Å². The summed E-state index contributed by atoms with van der Waals surface area (Å²) in [4.78, 5) is 0. The maximum absolute atomic E-state index is 12.9. The van der Waals surface area contributed by atoms with Crippen molar-refractivity contribution in [1.29, 1.82) is 0 Å². The Morgan fingerprint density at radius 1 is 1.40 bits per heavy atom. The summed E-state index contributed by atoms with van der Waals surface area (Å²) in [6.07, 6.45) is 2.38. The van der Waals surface area contributed by atoms with Crippen LogP contribution in [0.3, 0.4) is 0 Å². The minimum absolute atomic E-state index is 0.0578. The van der Waals surface area contributed by atoms with Crippen molar-refractivity contribution in [1.82, 2.24) is 0 Å². The highest BCUT2D eigenvalue weighted by atomic mass is 32.2. The molecule has 1 aliphatic rings. The average molecular weight is 243 g/mol. The van der Waals surface area contributed by atoms with Gasteiger partial charge >= 0.3 is 15.4 Å². The van der Waals surface area contributed by atoms with Crippen LogP contribution in [-0.2, 0) is 10.1 Å². The van der Waals surface area contributed by atoms with E-state index in [0.717, 1.165) is 25.7 Å². The van der Waals surface area contributed by atoms with Gasteiger partial charge in [-0.15, -0.1) is 0 Å². The first-order valence-corrected chi connectivity index (χ1v) is 6.28. The average Bonchev–Trinajstić information content (AvgIpc) is 2.51. The molecule has 1 atom stereocenters. The van der Waals surface area contributed by atoms with Gasteiger partial charge in [0.1, 0.15) is 0 Å². The number of nitrogens with two attached hydrogens (primary N) is 1. The van der Waals surface area contributed by atoms with Gasteiger partial charge in [0.25, 0.3) is 0 Å². The van der Waals surface area contributed by atoms with E-state index in [9.17, 15) is 17.2 Å². The Morgan fingerprint density at radius 3 is 2.27 bits per heavy atom. The molecule has 0 amide bonds. The largest absolute Gasteiger partial charge is 0.371 e. The van der Waals surface area contributed by atoms with E-state index in [1.54, 1.807) is 0 Å². The Hall–Kier alpha value is -0.270. The molecule has 0 aromatic rings. The molecule has 0 radical (unpaired) electrons. The van der Waals surface area contributed by atoms with Crippen LogP contribution in [-0.4, -0.2) is 24.3 Å². The Morgan fingerprint density at radius 2 is 1.87 bits per heavy atom. The lowest BCUT2D eigenvalue weighted by molar-refractivity contribution is 0.0570. The van der Waals surface area contributed by atoms with E-state index in [1.807, 2.05) is 0 Å². The first-order chi connectivity index (χ1) is 6.74. The third-order valence-corrected chi connectivity index (χ3v) is 3.78.